The van der Waals surface area contributed by atoms with E-state index < -0.39 is 30.0 Å². The standard InChI is InChI=1S/C15H17N3O5.ClH/c1-3-23-16-8-10-4-6-11(7-5-10)15(2)13(21)18(9-12(19)20)14(22)17-15;/h4-8H,3,9H2,1-2H3,(H,17,22)(H,19,20);1H. The molecular formula is C15H18ClN3O5. The van der Waals surface area contributed by atoms with E-state index in [0.29, 0.717) is 17.1 Å². The van der Waals surface area contributed by atoms with Crippen molar-refractivity contribution in [1.82, 2.24) is 10.2 Å². The molecule has 1 aromatic rings. The van der Waals surface area contributed by atoms with Crippen molar-refractivity contribution in [1.29, 1.82) is 0 Å². The van der Waals surface area contributed by atoms with Gasteiger partial charge in [-0.1, -0.05) is 29.4 Å². The second-order valence-electron chi connectivity index (χ2n) is 5.11. The molecule has 9 heteroatoms. The molecule has 1 fully saturated rings. The van der Waals surface area contributed by atoms with Crippen LogP contribution in [0.4, 0.5) is 4.79 Å². The summed E-state index contributed by atoms with van der Waals surface area (Å²) in [6.45, 7) is 3.16. The van der Waals surface area contributed by atoms with Crippen molar-refractivity contribution in [2.45, 2.75) is 19.4 Å². The number of carbonyl (C=O) groups is 3. The van der Waals surface area contributed by atoms with E-state index in [-0.39, 0.29) is 12.4 Å². The van der Waals surface area contributed by atoms with Crippen LogP contribution in [0.25, 0.3) is 0 Å². The van der Waals surface area contributed by atoms with Gasteiger partial charge in [0, 0.05) is 0 Å². The van der Waals surface area contributed by atoms with Crippen LogP contribution < -0.4 is 5.32 Å². The lowest BCUT2D eigenvalue weighted by atomic mass is 9.91. The summed E-state index contributed by atoms with van der Waals surface area (Å²) in [5, 5.41) is 15.1. The molecule has 2 rings (SSSR count). The molecule has 0 aromatic heterocycles. The van der Waals surface area contributed by atoms with Gasteiger partial charge in [0.2, 0.25) is 0 Å². The number of halogens is 1. The van der Waals surface area contributed by atoms with E-state index in [2.05, 4.69) is 10.5 Å². The highest BCUT2D eigenvalue weighted by atomic mass is 35.5. The van der Waals surface area contributed by atoms with Crippen LogP contribution in [0.15, 0.2) is 29.4 Å². The highest BCUT2D eigenvalue weighted by Gasteiger charge is 2.49. The summed E-state index contributed by atoms with van der Waals surface area (Å²) in [7, 11) is 0. The number of carboxylic acids is 1. The molecular weight excluding hydrogens is 338 g/mol. The van der Waals surface area contributed by atoms with Gasteiger partial charge >= 0.3 is 12.0 Å². The third kappa shape index (κ3) is 3.83. The first-order valence-corrected chi connectivity index (χ1v) is 7.00. The minimum Gasteiger partial charge on any atom is -0.480 e. The van der Waals surface area contributed by atoms with Crippen LogP contribution in [0.1, 0.15) is 25.0 Å². The molecule has 1 aliphatic heterocycles. The van der Waals surface area contributed by atoms with Crippen molar-refractivity contribution < 1.29 is 24.3 Å². The molecule has 130 valence electrons. The summed E-state index contributed by atoms with van der Waals surface area (Å²) in [5.74, 6) is -1.85. The Morgan fingerprint density at radius 1 is 1.38 bits per heavy atom. The molecule has 1 unspecified atom stereocenters. The molecule has 0 radical (unpaired) electrons. The van der Waals surface area contributed by atoms with Gasteiger partial charge in [-0.25, -0.2) is 4.79 Å². The number of benzene rings is 1. The SMILES string of the molecule is CCON=Cc1ccc(C2(C)NC(=O)N(CC(=O)O)C2=O)cc1.Cl. The predicted molar refractivity (Wildman–Crippen MR) is 88.1 cm³/mol. The zero-order chi connectivity index (χ0) is 17.0. The quantitative estimate of drug-likeness (QED) is 0.454. The molecule has 24 heavy (non-hydrogen) atoms. The van der Waals surface area contributed by atoms with Gasteiger partial charge in [0.15, 0.2) is 0 Å². The van der Waals surface area contributed by atoms with Crippen LogP contribution in [0.3, 0.4) is 0 Å². The van der Waals surface area contributed by atoms with Gasteiger partial charge in [-0.05, 0) is 25.0 Å². The summed E-state index contributed by atoms with van der Waals surface area (Å²) in [4.78, 5) is 40.6. The van der Waals surface area contributed by atoms with Crippen molar-refractivity contribution in [2.75, 3.05) is 13.2 Å². The van der Waals surface area contributed by atoms with Gasteiger partial charge in [-0.15, -0.1) is 12.4 Å². The molecule has 0 spiro atoms. The normalized spacial score (nSPS) is 20.0. The summed E-state index contributed by atoms with van der Waals surface area (Å²) in [5.41, 5.74) is 0.0320. The van der Waals surface area contributed by atoms with E-state index in [0.717, 1.165) is 5.56 Å². The van der Waals surface area contributed by atoms with Crippen LogP contribution in [0.5, 0.6) is 0 Å². The summed E-state index contributed by atoms with van der Waals surface area (Å²) >= 11 is 0. The van der Waals surface area contributed by atoms with E-state index in [1.807, 2.05) is 6.92 Å². The molecule has 8 nitrogen and oxygen atoms in total. The number of amides is 3. The molecule has 1 saturated heterocycles. The Bertz CT molecular complexity index is 662. The van der Waals surface area contributed by atoms with Crippen molar-refractivity contribution in [3.05, 3.63) is 35.4 Å². The number of urea groups is 1. The monoisotopic (exact) mass is 355 g/mol. The summed E-state index contributed by atoms with van der Waals surface area (Å²) in [6, 6.07) is 6.08. The average molecular weight is 356 g/mol. The number of hydrogen-bond donors (Lipinski definition) is 2. The molecule has 0 bridgehead atoms. The topological polar surface area (TPSA) is 108 Å². The van der Waals surface area contributed by atoms with E-state index in [1.54, 1.807) is 31.2 Å². The summed E-state index contributed by atoms with van der Waals surface area (Å²) < 4.78 is 0. The third-order valence-electron chi connectivity index (χ3n) is 3.46. The Balaban J connectivity index is 0.00000288. The lowest BCUT2D eigenvalue weighted by Crippen LogP contribution is -2.41. The third-order valence-corrected chi connectivity index (χ3v) is 3.46. The molecule has 1 aliphatic rings. The molecule has 1 atom stereocenters. The molecule has 0 saturated carbocycles. The summed E-state index contributed by atoms with van der Waals surface area (Å²) in [6.07, 6.45) is 1.53. The Kier molecular flexibility index (Phi) is 6.30. The van der Waals surface area contributed by atoms with E-state index >= 15 is 0 Å². The van der Waals surface area contributed by atoms with Crippen molar-refractivity contribution in [3.8, 4) is 0 Å². The maximum atomic E-state index is 12.4. The zero-order valence-corrected chi connectivity index (χ0v) is 14.0. The Hall–Kier alpha value is -2.61. The Morgan fingerprint density at radius 2 is 2.00 bits per heavy atom. The predicted octanol–water partition coefficient (Wildman–Crippen LogP) is 1.33. The van der Waals surface area contributed by atoms with Gasteiger partial charge in [0.25, 0.3) is 5.91 Å². The number of rotatable bonds is 6. The van der Waals surface area contributed by atoms with Gasteiger partial charge < -0.3 is 15.3 Å². The maximum absolute atomic E-state index is 12.4. The van der Waals surface area contributed by atoms with Gasteiger partial charge in [0.1, 0.15) is 18.7 Å². The number of imide groups is 1. The van der Waals surface area contributed by atoms with Gasteiger partial charge in [0.05, 0.1) is 6.21 Å². The fourth-order valence-corrected chi connectivity index (χ4v) is 2.25. The second kappa shape index (κ2) is 7.78. The van der Waals surface area contributed by atoms with E-state index in [1.165, 1.54) is 6.21 Å². The minimum absolute atomic E-state index is 0. The smallest absolute Gasteiger partial charge is 0.325 e. The first-order chi connectivity index (χ1) is 10.9. The number of carbonyl (C=O) groups excluding carboxylic acids is 2. The largest absolute Gasteiger partial charge is 0.480 e. The van der Waals surface area contributed by atoms with Crippen molar-refractivity contribution in [3.63, 3.8) is 0 Å². The minimum atomic E-state index is -1.29. The first kappa shape index (κ1) is 19.4. The Morgan fingerprint density at radius 3 is 2.54 bits per heavy atom. The zero-order valence-electron chi connectivity index (χ0n) is 13.2. The number of carboxylic acid groups (broad SMARTS) is 1. The van der Waals surface area contributed by atoms with Gasteiger partial charge in [-0.2, -0.15) is 0 Å². The van der Waals surface area contributed by atoms with Crippen LogP contribution in [-0.4, -0.2) is 47.3 Å². The van der Waals surface area contributed by atoms with E-state index in [4.69, 9.17) is 9.94 Å². The maximum Gasteiger partial charge on any atom is 0.325 e. The molecule has 2 N–H and O–H groups in total. The number of nitrogens with zero attached hydrogens (tertiary/aromatic N) is 2. The molecule has 1 aromatic carbocycles. The Labute approximate surface area is 144 Å². The molecule has 3 amide bonds. The van der Waals surface area contributed by atoms with Crippen molar-refractivity contribution in [2.24, 2.45) is 5.16 Å². The van der Waals surface area contributed by atoms with Crippen LogP contribution in [-0.2, 0) is 20.0 Å². The lowest BCUT2D eigenvalue weighted by Gasteiger charge is -2.22. The van der Waals surface area contributed by atoms with Crippen LogP contribution >= 0.6 is 12.4 Å². The second-order valence-corrected chi connectivity index (χ2v) is 5.11. The number of oxime groups is 1. The highest BCUT2D eigenvalue weighted by molar-refractivity contribution is 6.08. The van der Waals surface area contributed by atoms with E-state index in [9.17, 15) is 14.4 Å². The lowest BCUT2D eigenvalue weighted by molar-refractivity contribution is -0.142. The number of hydrogen-bond acceptors (Lipinski definition) is 5. The van der Waals surface area contributed by atoms with Crippen molar-refractivity contribution >= 4 is 36.5 Å². The van der Waals surface area contributed by atoms with Crippen LogP contribution in [0, 0.1) is 0 Å². The average Bonchev–Trinajstić information content (AvgIpc) is 2.72. The van der Waals surface area contributed by atoms with Gasteiger partial charge in [-0.3, -0.25) is 14.5 Å². The van der Waals surface area contributed by atoms with Crippen LogP contribution in [0.2, 0.25) is 0 Å². The highest BCUT2D eigenvalue weighted by Crippen LogP contribution is 2.28. The molecule has 0 aliphatic carbocycles. The molecule has 1 heterocycles. The fourth-order valence-electron chi connectivity index (χ4n) is 2.25. The number of aliphatic carboxylic acids is 1. The fraction of sp³-hybridized carbons (Fsp3) is 0.333. The number of nitrogens with one attached hydrogen (secondary N) is 1. The first-order valence-electron chi connectivity index (χ1n) is 7.00.